The van der Waals surface area contributed by atoms with Crippen molar-refractivity contribution in [2.24, 2.45) is 5.41 Å². The minimum absolute atomic E-state index is 0.106. The summed E-state index contributed by atoms with van der Waals surface area (Å²) in [6, 6.07) is 4.55. The second-order valence-electron chi connectivity index (χ2n) is 5.97. The molecule has 1 aliphatic heterocycles. The van der Waals surface area contributed by atoms with Gasteiger partial charge in [-0.3, -0.25) is 4.79 Å². The summed E-state index contributed by atoms with van der Waals surface area (Å²) in [6.45, 7) is 5.75. The average molecular weight is 299 g/mol. The molecule has 1 fully saturated rings. The van der Waals surface area contributed by atoms with E-state index >= 15 is 0 Å². The summed E-state index contributed by atoms with van der Waals surface area (Å²) in [6.07, 6.45) is -3.39. The normalized spacial score (nSPS) is 21.3. The van der Waals surface area contributed by atoms with Gasteiger partial charge in [0.05, 0.1) is 5.56 Å². The Labute approximate surface area is 120 Å². The minimum Gasteiger partial charge on any atom is -0.464 e. The van der Waals surface area contributed by atoms with Gasteiger partial charge in [-0.1, -0.05) is 32.9 Å². The molecular formula is C15H16F3NO2. The molecule has 0 aliphatic carbocycles. The number of alkyl halides is 3. The zero-order chi connectivity index (χ0) is 15.8. The second kappa shape index (κ2) is 5.09. The van der Waals surface area contributed by atoms with E-state index in [1.807, 2.05) is 20.8 Å². The third-order valence-corrected chi connectivity index (χ3v) is 3.05. The molecule has 3 nitrogen and oxygen atoms in total. The fourth-order valence-electron chi connectivity index (χ4n) is 1.81. The largest absolute Gasteiger partial charge is 0.464 e. The SMILES string of the molecule is CC(C)(C)C1NC(=O)/C(=C/c2ccc(C(F)(F)F)cc2)O1. The van der Waals surface area contributed by atoms with Gasteiger partial charge in [0.1, 0.15) is 0 Å². The average Bonchev–Trinajstić information content (AvgIpc) is 2.70. The highest BCUT2D eigenvalue weighted by Gasteiger charge is 2.36. The van der Waals surface area contributed by atoms with Crippen LogP contribution in [0.3, 0.4) is 0 Å². The van der Waals surface area contributed by atoms with Gasteiger partial charge in [-0.05, 0) is 23.8 Å². The Morgan fingerprint density at radius 3 is 2.14 bits per heavy atom. The molecule has 6 heteroatoms. The molecule has 1 N–H and O–H groups in total. The van der Waals surface area contributed by atoms with E-state index in [1.165, 1.54) is 18.2 Å². The predicted octanol–water partition coefficient (Wildman–Crippen LogP) is 3.56. The van der Waals surface area contributed by atoms with Crippen LogP contribution in [-0.4, -0.2) is 12.1 Å². The van der Waals surface area contributed by atoms with Gasteiger partial charge < -0.3 is 10.1 Å². The standard InChI is InChI=1S/C15H16F3NO2/c1-14(2,3)13-19-12(20)11(21-13)8-9-4-6-10(7-5-9)15(16,17)18/h4-8,13H,1-3H3,(H,19,20)/b11-8-. The smallest absolute Gasteiger partial charge is 0.416 e. The van der Waals surface area contributed by atoms with E-state index in [1.54, 1.807) is 0 Å². The lowest BCUT2D eigenvalue weighted by Gasteiger charge is -2.24. The third-order valence-electron chi connectivity index (χ3n) is 3.05. The number of carbonyl (C=O) groups is 1. The molecule has 0 spiro atoms. The maximum Gasteiger partial charge on any atom is 0.416 e. The highest BCUT2D eigenvalue weighted by atomic mass is 19.4. The van der Waals surface area contributed by atoms with Crippen LogP contribution in [0.4, 0.5) is 13.2 Å². The Kier molecular flexibility index (Phi) is 3.74. The summed E-state index contributed by atoms with van der Waals surface area (Å²) in [5.41, 5.74) is -0.525. The number of ether oxygens (including phenoxy) is 1. The van der Waals surface area contributed by atoms with Crippen molar-refractivity contribution in [3.63, 3.8) is 0 Å². The van der Waals surface area contributed by atoms with Crippen molar-refractivity contribution < 1.29 is 22.7 Å². The number of halogens is 3. The van der Waals surface area contributed by atoms with Crippen LogP contribution < -0.4 is 5.32 Å². The number of hydrogen-bond acceptors (Lipinski definition) is 2. The van der Waals surface area contributed by atoms with E-state index in [9.17, 15) is 18.0 Å². The number of benzene rings is 1. The summed E-state index contributed by atoms with van der Waals surface area (Å²) >= 11 is 0. The molecule has 1 heterocycles. The molecule has 1 amide bonds. The van der Waals surface area contributed by atoms with Gasteiger partial charge in [0, 0.05) is 5.41 Å². The number of nitrogens with one attached hydrogen (secondary N) is 1. The van der Waals surface area contributed by atoms with E-state index in [4.69, 9.17) is 4.74 Å². The van der Waals surface area contributed by atoms with Crippen LogP contribution in [0, 0.1) is 5.41 Å². The molecule has 2 rings (SSSR count). The lowest BCUT2D eigenvalue weighted by molar-refractivity contribution is -0.137. The van der Waals surface area contributed by atoms with Crippen molar-refractivity contribution >= 4 is 12.0 Å². The van der Waals surface area contributed by atoms with Gasteiger partial charge in [-0.15, -0.1) is 0 Å². The molecule has 0 radical (unpaired) electrons. The molecule has 1 unspecified atom stereocenters. The number of amides is 1. The van der Waals surface area contributed by atoms with Crippen LogP contribution in [0.25, 0.3) is 6.08 Å². The molecule has 0 aromatic heterocycles. The lowest BCUT2D eigenvalue weighted by Crippen LogP contribution is -2.37. The van der Waals surface area contributed by atoms with Crippen LogP contribution >= 0.6 is 0 Å². The van der Waals surface area contributed by atoms with Gasteiger partial charge in [-0.2, -0.15) is 13.2 Å². The van der Waals surface area contributed by atoms with Crippen LogP contribution in [0.1, 0.15) is 31.9 Å². The van der Waals surface area contributed by atoms with Crippen molar-refractivity contribution in [2.45, 2.75) is 33.2 Å². The number of carbonyl (C=O) groups excluding carboxylic acids is 1. The first-order valence-corrected chi connectivity index (χ1v) is 6.44. The molecule has 114 valence electrons. The summed E-state index contributed by atoms with van der Waals surface area (Å²) in [7, 11) is 0. The van der Waals surface area contributed by atoms with E-state index in [-0.39, 0.29) is 17.1 Å². The van der Waals surface area contributed by atoms with Gasteiger partial charge in [0.2, 0.25) is 0 Å². The third kappa shape index (κ3) is 3.56. The van der Waals surface area contributed by atoms with Gasteiger partial charge in [-0.25, -0.2) is 0 Å². The Bertz CT molecular complexity index is 568. The Balaban J connectivity index is 2.19. The van der Waals surface area contributed by atoms with Crippen molar-refractivity contribution in [3.05, 3.63) is 41.2 Å². The fourth-order valence-corrected chi connectivity index (χ4v) is 1.81. The van der Waals surface area contributed by atoms with E-state index in [0.29, 0.717) is 5.56 Å². The molecule has 0 bridgehead atoms. The highest BCUT2D eigenvalue weighted by Crippen LogP contribution is 2.30. The highest BCUT2D eigenvalue weighted by molar-refractivity contribution is 5.97. The first-order chi connectivity index (χ1) is 9.57. The number of rotatable bonds is 1. The van der Waals surface area contributed by atoms with Crippen LogP contribution in [-0.2, 0) is 15.7 Å². The van der Waals surface area contributed by atoms with Gasteiger partial charge in [0.25, 0.3) is 5.91 Å². The van der Waals surface area contributed by atoms with Crippen LogP contribution in [0.2, 0.25) is 0 Å². The Morgan fingerprint density at radius 1 is 1.14 bits per heavy atom. The molecular weight excluding hydrogens is 283 g/mol. The predicted molar refractivity (Wildman–Crippen MR) is 71.9 cm³/mol. The summed E-state index contributed by atoms with van der Waals surface area (Å²) in [5.74, 6) is -0.260. The first kappa shape index (κ1) is 15.4. The molecule has 1 aromatic rings. The molecule has 1 aromatic carbocycles. The second-order valence-corrected chi connectivity index (χ2v) is 5.97. The molecule has 21 heavy (non-hydrogen) atoms. The topological polar surface area (TPSA) is 38.3 Å². The first-order valence-electron chi connectivity index (χ1n) is 6.44. The maximum atomic E-state index is 12.5. The van der Waals surface area contributed by atoms with Crippen molar-refractivity contribution in [1.29, 1.82) is 0 Å². The minimum atomic E-state index is -4.37. The Morgan fingerprint density at radius 2 is 1.71 bits per heavy atom. The zero-order valence-electron chi connectivity index (χ0n) is 11.9. The summed E-state index contributed by atoms with van der Waals surface area (Å²) in [5, 5.41) is 2.69. The summed E-state index contributed by atoms with van der Waals surface area (Å²) in [4.78, 5) is 11.8. The van der Waals surface area contributed by atoms with Crippen molar-refractivity contribution in [2.75, 3.05) is 0 Å². The molecule has 1 aliphatic rings. The fraction of sp³-hybridized carbons (Fsp3) is 0.400. The van der Waals surface area contributed by atoms with E-state index in [0.717, 1.165) is 12.1 Å². The number of hydrogen-bond donors (Lipinski definition) is 1. The van der Waals surface area contributed by atoms with Crippen molar-refractivity contribution in [1.82, 2.24) is 5.32 Å². The van der Waals surface area contributed by atoms with E-state index < -0.39 is 18.0 Å². The van der Waals surface area contributed by atoms with E-state index in [2.05, 4.69) is 5.32 Å². The van der Waals surface area contributed by atoms with Crippen LogP contribution in [0.5, 0.6) is 0 Å². The molecule has 0 saturated carbocycles. The summed E-state index contributed by atoms with van der Waals surface area (Å²) < 4.78 is 42.9. The maximum absolute atomic E-state index is 12.5. The van der Waals surface area contributed by atoms with Crippen LogP contribution in [0.15, 0.2) is 30.0 Å². The van der Waals surface area contributed by atoms with Gasteiger partial charge in [0.15, 0.2) is 12.0 Å². The quantitative estimate of drug-likeness (QED) is 0.805. The molecule has 1 saturated heterocycles. The van der Waals surface area contributed by atoms with Crippen molar-refractivity contribution in [3.8, 4) is 0 Å². The van der Waals surface area contributed by atoms with Gasteiger partial charge >= 0.3 is 6.18 Å². The Hall–Kier alpha value is -1.98. The monoisotopic (exact) mass is 299 g/mol. The lowest BCUT2D eigenvalue weighted by atomic mass is 9.94. The molecule has 1 atom stereocenters. The zero-order valence-corrected chi connectivity index (χ0v) is 11.9.